The van der Waals surface area contributed by atoms with Crippen LogP contribution in [0.5, 0.6) is 0 Å². The van der Waals surface area contributed by atoms with Gasteiger partial charge in [0, 0.05) is 17.5 Å². The summed E-state index contributed by atoms with van der Waals surface area (Å²) in [6, 6.07) is 19.1. The van der Waals surface area contributed by atoms with E-state index < -0.39 is 10.1 Å². The van der Waals surface area contributed by atoms with Crippen molar-refractivity contribution < 1.29 is 13.0 Å². The molecule has 0 aliphatic carbocycles. The summed E-state index contributed by atoms with van der Waals surface area (Å²) >= 11 is 0. The molecule has 1 fully saturated rings. The van der Waals surface area contributed by atoms with Crippen LogP contribution in [0.25, 0.3) is 22.5 Å². The van der Waals surface area contributed by atoms with Gasteiger partial charge in [-0.3, -0.25) is 4.55 Å². The van der Waals surface area contributed by atoms with E-state index in [1.54, 1.807) is 12.1 Å². The normalized spacial score (nSPS) is 22.4. The Labute approximate surface area is 144 Å². The van der Waals surface area contributed by atoms with Crippen molar-refractivity contribution >= 4 is 38.4 Å². The first-order valence-corrected chi connectivity index (χ1v) is 9.45. The maximum atomic E-state index is 12.2. The van der Waals surface area contributed by atoms with Crippen LogP contribution < -0.4 is 4.48 Å². The monoisotopic (exact) mass is 346 g/mol. The molecule has 1 atom stereocenters. The van der Waals surface area contributed by atoms with Gasteiger partial charge >= 0.3 is 10.1 Å². The van der Waals surface area contributed by atoms with Crippen LogP contribution >= 0.6 is 0 Å². The van der Waals surface area contributed by atoms with Crippen molar-refractivity contribution in [2.24, 2.45) is 0 Å². The molecule has 0 radical (unpaired) electrons. The van der Waals surface area contributed by atoms with Gasteiger partial charge in [0.25, 0.3) is 5.70 Å². The molecule has 0 saturated carbocycles. The number of quaternary nitrogens is 1. The molecule has 120 valence electrons. The number of nitrogens with zero attached hydrogens (tertiary/aromatic N) is 1. The topological polar surface area (TPSA) is 54.4 Å². The van der Waals surface area contributed by atoms with Gasteiger partial charge in [0.2, 0.25) is 11.4 Å². The number of hydrogen-bond acceptors (Lipinski definition) is 2. The summed E-state index contributed by atoms with van der Waals surface area (Å²) in [7, 11) is -4.35. The van der Waals surface area contributed by atoms with E-state index in [1.807, 2.05) is 36.4 Å². The highest BCUT2D eigenvalue weighted by Crippen LogP contribution is 2.78. The third kappa shape index (κ3) is 1.43. The van der Waals surface area contributed by atoms with E-state index in [0.29, 0.717) is 15.6 Å². The van der Waals surface area contributed by atoms with Crippen LogP contribution in [0.15, 0.2) is 77.0 Å². The van der Waals surface area contributed by atoms with Crippen LogP contribution in [-0.4, -0.2) is 13.0 Å². The maximum Gasteiger partial charge on any atom is 0.301 e. The molecule has 3 aliphatic rings. The average Bonchev–Trinajstić information content (AvgIpc) is 3.49. The summed E-state index contributed by atoms with van der Waals surface area (Å²) < 4.78 is 34.8. The van der Waals surface area contributed by atoms with Crippen LogP contribution in [0.4, 0.5) is 5.69 Å². The molecule has 0 bridgehead atoms. The minimum Gasteiger partial charge on any atom is -0.282 e. The first-order chi connectivity index (χ1) is 12.0. The molecule has 3 aromatic carbocycles. The Morgan fingerprint density at radius 3 is 2.44 bits per heavy atom. The van der Waals surface area contributed by atoms with Crippen molar-refractivity contribution in [3.63, 3.8) is 0 Å². The fraction of sp³-hybridized carbons (Fsp3) is 0. The first kappa shape index (κ1) is 13.5. The van der Waals surface area contributed by atoms with E-state index >= 15 is 0 Å². The molecule has 0 aromatic heterocycles. The van der Waals surface area contributed by atoms with Crippen molar-refractivity contribution in [1.82, 2.24) is 4.48 Å². The third-order valence-electron chi connectivity index (χ3n) is 5.39. The van der Waals surface area contributed by atoms with Gasteiger partial charge in [-0.1, -0.05) is 42.5 Å². The van der Waals surface area contributed by atoms with Gasteiger partial charge in [0.1, 0.15) is 0 Å². The van der Waals surface area contributed by atoms with Gasteiger partial charge in [-0.25, -0.2) is 0 Å². The Balaban J connectivity index is 1.66. The number of benzene rings is 3. The van der Waals surface area contributed by atoms with Gasteiger partial charge in [-0.2, -0.15) is 12.9 Å². The molecular formula is C20H12NO3S+. The lowest BCUT2D eigenvalue weighted by Crippen LogP contribution is -2.18. The van der Waals surface area contributed by atoms with Gasteiger partial charge < -0.3 is 0 Å². The maximum absolute atomic E-state index is 12.2. The molecule has 3 aromatic rings. The van der Waals surface area contributed by atoms with Crippen molar-refractivity contribution in [2.45, 2.75) is 4.90 Å². The molecule has 25 heavy (non-hydrogen) atoms. The smallest absolute Gasteiger partial charge is 0.282 e. The zero-order valence-electron chi connectivity index (χ0n) is 13.0. The summed E-state index contributed by atoms with van der Waals surface area (Å²) in [5.41, 5.74) is 6.35. The van der Waals surface area contributed by atoms with Crippen molar-refractivity contribution in [3.8, 4) is 0 Å². The van der Waals surface area contributed by atoms with E-state index in [1.165, 1.54) is 5.70 Å². The lowest BCUT2D eigenvalue weighted by Gasteiger charge is -2.17. The highest BCUT2D eigenvalue weighted by molar-refractivity contribution is 7.86. The summed E-state index contributed by atoms with van der Waals surface area (Å²) in [5.74, 6) is 0. The van der Waals surface area contributed by atoms with E-state index in [4.69, 9.17) is 0 Å². The highest BCUT2D eigenvalue weighted by atomic mass is 32.2. The van der Waals surface area contributed by atoms with E-state index in [2.05, 4.69) is 18.2 Å². The molecule has 1 unspecified atom stereocenters. The molecular weight excluding hydrogens is 334 g/mol. The molecule has 1 N–H and O–H groups in total. The molecule has 3 heterocycles. The zero-order chi connectivity index (χ0) is 17.0. The van der Waals surface area contributed by atoms with E-state index in [0.717, 1.165) is 27.9 Å². The average molecular weight is 346 g/mol. The lowest BCUT2D eigenvalue weighted by atomic mass is 9.99. The zero-order valence-corrected chi connectivity index (χ0v) is 13.8. The second-order valence-corrected chi connectivity index (χ2v) is 7.95. The second-order valence-electron chi connectivity index (χ2n) is 6.59. The standard InChI is InChI=1S/C20H11NO3S/c22-25(23,24)20-15-8-4-1-5-12(15)9-10-16(20)21-17-11-13-6-2-3-7-14(13)18(21)19(17)21/h1-11H/p+1. The number of hydrogen-bond donors (Lipinski definition) is 1. The molecule has 5 heteroatoms. The summed E-state index contributed by atoms with van der Waals surface area (Å²) in [5, 5.41) is 1.35. The minimum absolute atomic E-state index is 0.0147. The Kier molecular flexibility index (Phi) is 2.12. The largest absolute Gasteiger partial charge is 0.301 e. The van der Waals surface area contributed by atoms with Gasteiger partial charge in [0.15, 0.2) is 10.6 Å². The fourth-order valence-corrected chi connectivity index (χ4v) is 5.23. The number of fused-ring (bicyclic) bond motifs is 4. The quantitative estimate of drug-likeness (QED) is 0.431. The Morgan fingerprint density at radius 2 is 1.60 bits per heavy atom. The third-order valence-corrected chi connectivity index (χ3v) is 6.33. The highest BCUT2D eigenvalue weighted by Gasteiger charge is 2.84. The summed E-state index contributed by atoms with van der Waals surface area (Å²) in [6.45, 7) is 0. The second kappa shape index (κ2) is 3.91. The summed E-state index contributed by atoms with van der Waals surface area (Å²) in [6.07, 6.45) is 2.11. The Hall–Kier alpha value is -2.73. The fourth-order valence-electron chi connectivity index (χ4n) is 4.29. The minimum atomic E-state index is -4.35. The van der Waals surface area contributed by atoms with Crippen LogP contribution in [0.2, 0.25) is 0 Å². The van der Waals surface area contributed by atoms with Crippen molar-refractivity contribution in [3.05, 3.63) is 83.2 Å². The Bertz CT molecular complexity index is 1310. The van der Waals surface area contributed by atoms with Crippen LogP contribution in [0.3, 0.4) is 0 Å². The van der Waals surface area contributed by atoms with Crippen LogP contribution in [0, 0.1) is 0 Å². The molecule has 4 nitrogen and oxygen atoms in total. The summed E-state index contributed by atoms with van der Waals surface area (Å²) in [4.78, 5) is 0.0147. The molecule has 6 rings (SSSR count). The predicted molar refractivity (Wildman–Crippen MR) is 96.9 cm³/mol. The van der Waals surface area contributed by atoms with E-state index in [-0.39, 0.29) is 4.90 Å². The Morgan fingerprint density at radius 1 is 0.840 bits per heavy atom. The lowest BCUT2D eigenvalue weighted by molar-refractivity contribution is 0.483. The van der Waals surface area contributed by atoms with Crippen molar-refractivity contribution in [2.75, 3.05) is 0 Å². The van der Waals surface area contributed by atoms with E-state index in [9.17, 15) is 13.0 Å². The SMILES string of the molecule is O=S(=O)(O)c1c([N+]23C4=Cc5ccccc5C2=C43)ccc2ccccc12. The van der Waals surface area contributed by atoms with Crippen LogP contribution in [-0.2, 0) is 10.1 Å². The molecule has 3 aliphatic heterocycles. The van der Waals surface area contributed by atoms with Crippen LogP contribution in [0.1, 0.15) is 11.1 Å². The van der Waals surface area contributed by atoms with Crippen molar-refractivity contribution in [1.29, 1.82) is 0 Å². The number of rotatable bonds is 2. The molecule has 1 saturated heterocycles. The molecule has 0 spiro atoms. The predicted octanol–water partition coefficient (Wildman–Crippen LogP) is 4.14. The molecule has 0 amide bonds. The van der Waals surface area contributed by atoms with Gasteiger partial charge in [-0.15, -0.1) is 0 Å². The van der Waals surface area contributed by atoms with Gasteiger partial charge in [-0.05, 0) is 23.1 Å². The van der Waals surface area contributed by atoms with Gasteiger partial charge in [0.05, 0.1) is 5.56 Å². The first-order valence-electron chi connectivity index (χ1n) is 8.01.